The Hall–Kier alpha value is -1.65. The summed E-state index contributed by atoms with van der Waals surface area (Å²) in [7, 11) is 1.94. The lowest BCUT2D eigenvalue weighted by molar-refractivity contribution is -0.145. The zero-order valence-electron chi connectivity index (χ0n) is 11.9. The predicted molar refractivity (Wildman–Crippen MR) is 73.3 cm³/mol. The van der Waals surface area contributed by atoms with Gasteiger partial charge in [0, 0.05) is 24.7 Å². The largest absolute Gasteiger partial charge is 0.481 e. The van der Waals surface area contributed by atoms with E-state index in [1.165, 1.54) is 0 Å². The molecule has 1 heterocycles. The second-order valence-corrected chi connectivity index (χ2v) is 6.26. The lowest BCUT2D eigenvalue weighted by Gasteiger charge is -2.39. The Bertz CT molecular complexity index is 476. The van der Waals surface area contributed by atoms with Crippen LogP contribution in [0, 0.1) is 5.92 Å². The molecule has 0 saturated heterocycles. The molecule has 0 bridgehead atoms. The molecule has 0 unspecified atom stereocenters. The summed E-state index contributed by atoms with van der Waals surface area (Å²) in [6, 6.07) is 2.16. The minimum Gasteiger partial charge on any atom is -0.481 e. The van der Waals surface area contributed by atoms with Gasteiger partial charge in [-0.2, -0.15) is 0 Å². The van der Waals surface area contributed by atoms with Crippen LogP contribution in [0.3, 0.4) is 0 Å². The molecule has 0 aromatic carbocycles. The summed E-state index contributed by atoms with van der Waals surface area (Å²) in [6.07, 6.45) is 3.12. The third-order valence-electron chi connectivity index (χ3n) is 3.74. The molecule has 1 aliphatic carbocycles. The maximum Gasteiger partial charge on any atom is 0.306 e. The third kappa shape index (κ3) is 2.85. The first kappa shape index (κ1) is 13.8. The molecule has 0 amide bonds. The van der Waals surface area contributed by atoms with E-state index < -0.39 is 5.97 Å². The van der Waals surface area contributed by atoms with Gasteiger partial charge in [0.2, 0.25) is 5.95 Å². The summed E-state index contributed by atoms with van der Waals surface area (Å²) in [5, 5.41) is 8.90. The molecule has 104 valence electrons. The van der Waals surface area contributed by atoms with E-state index in [0.29, 0.717) is 18.8 Å². The van der Waals surface area contributed by atoms with Gasteiger partial charge in [-0.15, -0.1) is 0 Å². The maximum atomic E-state index is 10.8. The Morgan fingerprint density at radius 3 is 2.58 bits per heavy atom. The molecule has 5 nitrogen and oxygen atoms in total. The van der Waals surface area contributed by atoms with Crippen molar-refractivity contribution in [3.63, 3.8) is 0 Å². The zero-order chi connectivity index (χ0) is 14.2. The Morgan fingerprint density at radius 1 is 1.42 bits per heavy atom. The average molecular weight is 263 g/mol. The standard InChI is InChI=1S/C14H21N3O2/c1-14(2,3)11-5-6-15-13(16-11)17(4)10-7-9(8-10)12(18)19/h5-6,9-10H,7-8H2,1-4H3,(H,18,19). The van der Waals surface area contributed by atoms with Crippen LogP contribution in [0.25, 0.3) is 0 Å². The first-order chi connectivity index (χ1) is 8.79. The summed E-state index contributed by atoms with van der Waals surface area (Å²) in [4.78, 5) is 21.7. The predicted octanol–water partition coefficient (Wildman–Crippen LogP) is 2.07. The highest BCUT2D eigenvalue weighted by Gasteiger charge is 2.37. The first-order valence-corrected chi connectivity index (χ1v) is 6.58. The summed E-state index contributed by atoms with van der Waals surface area (Å²) in [5.41, 5.74) is 0.986. The van der Waals surface area contributed by atoms with Gasteiger partial charge in [0.1, 0.15) is 0 Å². The van der Waals surface area contributed by atoms with Gasteiger partial charge in [0.15, 0.2) is 0 Å². The van der Waals surface area contributed by atoms with E-state index in [-0.39, 0.29) is 17.4 Å². The number of carbonyl (C=O) groups is 1. The van der Waals surface area contributed by atoms with Gasteiger partial charge in [-0.3, -0.25) is 4.79 Å². The van der Waals surface area contributed by atoms with Crippen molar-refractivity contribution < 1.29 is 9.90 Å². The van der Waals surface area contributed by atoms with Crippen molar-refractivity contribution in [1.29, 1.82) is 0 Å². The van der Waals surface area contributed by atoms with Crippen LogP contribution in [0.5, 0.6) is 0 Å². The molecule has 1 aromatic heterocycles. The highest BCUT2D eigenvalue weighted by Crippen LogP contribution is 2.33. The molecule has 0 aliphatic heterocycles. The van der Waals surface area contributed by atoms with Crippen molar-refractivity contribution in [3.8, 4) is 0 Å². The molecule has 0 radical (unpaired) electrons. The van der Waals surface area contributed by atoms with Gasteiger partial charge >= 0.3 is 5.97 Å². The molecular formula is C14H21N3O2. The summed E-state index contributed by atoms with van der Waals surface area (Å²) in [6.45, 7) is 6.34. The van der Waals surface area contributed by atoms with E-state index in [1.54, 1.807) is 6.20 Å². The number of hydrogen-bond acceptors (Lipinski definition) is 4. The number of hydrogen-bond donors (Lipinski definition) is 1. The van der Waals surface area contributed by atoms with Crippen molar-refractivity contribution in [2.24, 2.45) is 5.92 Å². The third-order valence-corrected chi connectivity index (χ3v) is 3.74. The minimum absolute atomic E-state index is 0.0122. The van der Waals surface area contributed by atoms with Gasteiger partial charge in [0.25, 0.3) is 0 Å². The van der Waals surface area contributed by atoms with Crippen LogP contribution in [0.4, 0.5) is 5.95 Å². The van der Waals surface area contributed by atoms with Gasteiger partial charge in [0.05, 0.1) is 11.6 Å². The topological polar surface area (TPSA) is 66.3 Å². The molecule has 0 atom stereocenters. The van der Waals surface area contributed by atoms with Crippen LogP contribution >= 0.6 is 0 Å². The normalized spacial score (nSPS) is 22.7. The van der Waals surface area contributed by atoms with Crippen molar-refractivity contribution in [2.45, 2.75) is 45.1 Å². The van der Waals surface area contributed by atoms with E-state index in [9.17, 15) is 4.79 Å². The first-order valence-electron chi connectivity index (χ1n) is 6.58. The number of carboxylic acids is 1. The molecule has 0 spiro atoms. The van der Waals surface area contributed by atoms with Gasteiger partial charge in [-0.05, 0) is 18.9 Å². The Morgan fingerprint density at radius 2 is 2.05 bits per heavy atom. The fourth-order valence-electron chi connectivity index (χ4n) is 2.21. The van der Waals surface area contributed by atoms with E-state index in [4.69, 9.17) is 5.11 Å². The van der Waals surface area contributed by atoms with Crippen LogP contribution in [0.1, 0.15) is 39.3 Å². The summed E-state index contributed by atoms with van der Waals surface area (Å²) < 4.78 is 0. The van der Waals surface area contributed by atoms with E-state index >= 15 is 0 Å². The monoisotopic (exact) mass is 263 g/mol. The number of aromatic nitrogens is 2. The fraction of sp³-hybridized carbons (Fsp3) is 0.643. The van der Waals surface area contributed by atoms with Crippen LogP contribution in [-0.4, -0.2) is 34.1 Å². The SMILES string of the molecule is CN(c1nccc(C(C)(C)C)n1)C1CC(C(=O)O)C1. The second-order valence-electron chi connectivity index (χ2n) is 6.26. The van der Waals surface area contributed by atoms with Crippen LogP contribution in [0.2, 0.25) is 0 Å². The fourth-order valence-corrected chi connectivity index (χ4v) is 2.21. The van der Waals surface area contributed by atoms with Crippen LogP contribution < -0.4 is 4.90 Å². The van der Waals surface area contributed by atoms with Crippen molar-refractivity contribution in [1.82, 2.24) is 9.97 Å². The number of anilines is 1. The number of nitrogens with zero attached hydrogens (tertiary/aromatic N) is 3. The molecule has 1 saturated carbocycles. The average Bonchev–Trinajstić information content (AvgIpc) is 2.25. The molecule has 5 heteroatoms. The molecule has 1 fully saturated rings. The quantitative estimate of drug-likeness (QED) is 0.904. The summed E-state index contributed by atoms with van der Waals surface area (Å²) >= 11 is 0. The van der Waals surface area contributed by atoms with E-state index in [1.807, 2.05) is 18.0 Å². The minimum atomic E-state index is -0.700. The highest BCUT2D eigenvalue weighted by molar-refractivity contribution is 5.71. The van der Waals surface area contributed by atoms with E-state index in [2.05, 4.69) is 30.7 Å². The van der Waals surface area contributed by atoms with E-state index in [0.717, 1.165) is 5.69 Å². The second kappa shape index (κ2) is 4.79. The molecule has 1 aromatic rings. The maximum absolute atomic E-state index is 10.8. The Kier molecular flexibility index (Phi) is 3.47. The van der Waals surface area contributed by atoms with Crippen molar-refractivity contribution >= 4 is 11.9 Å². The molecule has 2 rings (SSSR count). The Balaban J connectivity index is 2.09. The van der Waals surface area contributed by atoms with Crippen molar-refractivity contribution in [2.75, 3.05) is 11.9 Å². The number of carboxylic acid groups (broad SMARTS) is 1. The van der Waals surface area contributed by atoms with Crippen LogP contribution in [-0.2, 0) is 10.2 Å². The zero-order valence-corrected chi connectivity index (χ0v) is 11.9. The smallest absolute Gasteiger partial charge is 0.306 e. The van der Waals surface area contributed by atoms with Crippen molar-refractivity contribution in [3.05, 3.63) is 18.0 Å². The molecular weight excluding hydrogens is 242 g/mol. The van der Waals surface area contributed by atoms with Gasteiger partial charge < -0.3 is 10.0 Å². The van der Waals surface area contributed by atoms with Crippen LogP contribution in [0.15, 0.2) is 12.3 Å². The molecule has 1 aliphatic rings. The highest BCUT2D eigenvalue weighted by atomic mass is 16.4. The molecule has 19 heavy (non-hydrogen) atoms. The molecule has 1 N–H and O–H groups in total. The lowest BCUT2D eigenvalue weighted by Crippen LogP contribution is -2.46. The van der Waals surface area contributed by atoms with Gasteiger partial charge in [-0.25, -0.2) is 9.97 Å². The lowest BCUT2D eigenvalue weighted by atomic mass is 9.79. The Labute approximate surface area is 113 Å². The number of aliphatic carboxylic acids is 1. The summed E-state index contributed by atoms with van der Waals surface area (Å²) in [5.74, 6) is -0.228. The number of rotatable bonds is 3. The van der Waals surface area contributed by atoms with Gasteiger partial charge in [-0.1, -0.05) is 20.8 Å².